The third-order valence-corrected chi connectivity index (χ3v) is 3.90. The summed E-state index contributed by atoms with van der Waals surface area (Å²) in [6.07, 6.45) is -1.01. The fraction of sp³-hybridized carbons (Fsp3) is 0.714. The van der Waals surface area contributed by atoms with Gasteiger partial charge in [-0.25, -0.2) is 4.79 Å². The van der Waals surface area contributed by atoms with Crippen molar-refractivity contribution in [1.82, 2.24) is 10.2 Å². The molecular weight excluding hydrogens is 308 g/mol. The summed E-state index contributed by atoms with van der Waals surface area (Å²) in [5, 5.41) is 20.2. The molecular formula is C14H24N2O7. The molecule has 1 rings (SSSR count). The molecule has 2 unspecified atom stereocenters. The molecule has 5 amide bonds. The molecule has 0 saturated carbocycles. The number of amides is 5. The maximum absolute atomic E-state index is 12.6. The van der Waals surface area contributed by atoms with E-state index in [1.54, 1.807) is 6.92 Å². The third kappa shape index (κ3) is 3.92. The Morgan fingerprint density at radius 3 is 2.30 bits per heavy atom. The Balaban J connectivity index is 0.00000484. The van der Waals surface area contributed by atoms with E-state index < -0.39 is 41.9 Å². The second-order valence-electron chi connectivity index (χ2n) is 5.80. The number of imide groups is 4. The number of nitrogens with one attached hydrogen (secondary N) is 1. The number of rotatable bonds is 6. The van der Waals surface area contributed by atoms with E-state index in [2.05, 4.69) is 0 Å². The molecule has 1 fully saturated rings. The SMILES string of the molecule is CCC1(CCC(C)C)C(=O)NC(=O)N(C(=O)C(O)CO)C1=O.O. The van der Waals surface area contributed by atoms with Crippen LogP contribution in [-0.2, 0) is 14.4 Å². The van der Waals surface area contributed by atoms with E-state index in [-0.39, 0.29) is 29.1 Å². The first-order chi connectivity index (χ1) is 10.2. The lowest BCUT2D eigenvalue weighted by Crippen LogP contribution is -2.66. The molecule has 1 saturated heterocycles. The van der Waals surface area contributed by atoms with Crippen molar-refractivity contribution >= 4 is 23.8 Å². The summed E-state index contributed by atoms with van der Waals surface area (Å²) < 4.78 is 0. The quantitative estimate of drug-likeness (QED) is 0.527. The molecule has 1 aliphatic rings. The molecule has 0 aromatic carbocycles. The first-order valence-electron chi connectivity index (χ1n) is 7.24. The van der Waals surface area contributed by atoms with E-state index in [4.69, 9.17) is 5.11 Å². The van der Waals surface area contributed by atoms with Gasteiger partial charge in [0.2, 0.25) is 5.91 Å². The van der Waals surface area contributed by atoms with Gasteiger partial charge < -0.3 is 15.7 Å². The molecule has 23 heavy (non-hydrogen) atoms. The highest BCUT2D eigenvalue weighted by Gasteiger charge is 2.54. The summed E-state index contributed by atoms with van der Waals surface area (Å²) in [5.41, 5.74) is -1.51. The molecule has 5 N–H and O–H groups in total. The number of aliphatic hydroxyl groups is 2. The van der Waals surface area contributed by atoms with Gasteiger partial charge in [-0.1, -0.05) is 20.8 Å². The van der Waals surface area contributed by atoms with Crippen LogP contribution < -0.4 is 5.32 Å². The highest BCUT2D eigenvalue weighted by atomic mass is 16.3. The minimum absolute atomic E-state index is 0. The summed E-state index contributed by atoms with van der Waals surface area (Å²) >= 11 is 0. The predicted molar refractivity (Wildman–Crippen MR) is 78.9 cm³/mol. The summed E-state index contributed by atoms with van der Waals surface area (Å²) in [6, 6.07) is -1.19. The summed E-state index contributed by atoms with van der Waals surface area (Å²) in [5.74, 6) is -2.68. The molecule has 0 aromatic rings. The van der Waals surface area contributed by atoms with E-state index in [1.807, 2.05) is 19.2 Å². The van der Waals surface area contributed by atoms with Crippen molar-refractivity contribution in [1.29, 1.82) is 0 Å². The van der Waals surface area contributed by atoms with Gasteiger partial charge in [-0.05, 0) is 25.2 Å². The van der Waals surface area contributed by atoms with Gasteiger partial charge in [-0.15, -0.1) is 0 Å². The van der Waals surface area contributed by atoms with E-state index >= 15 is 0 Å². The summed E-state index contributed by atoms with van der Waals surface area (Å²) in [4.78, 5) is 48.7. The van der Waals surface area contributed by atoms with Gasteiger partial charge in [-0.3, -0.25) is 19.7 Å². The molecule has 132 valence electrons. The van der Waals surface area contributed by atoms with Crippen molar-refractivity contribution < 1.29 is 34.9 Å². The standard InChI is InChI=1S/C14H22N2O6.H2O/c1-4-14(6-5-8(2)3)11(20)15-13(22)16(12(14)21)10(19)9(18)7-17;/h8-9,17-18H,4-7H2,1-3H3,(H,15,20,22);1H2. The summed E-state index contributed by atoms with van der Waals surface area (Å²) in [6.45, 7) is 4.56. The molecule has 0 aromatic heterocycles. The van der Waals surface area contributed by atoms with Crippen molar-refractivity contribution in [2.45, 2.75) is 46.1 Å². The van der Waals surface area contributed by atoms with Crippen LogP contribution in [0, 0.1) is 11.3 Å². The first-order valence-corrected chi connectivity index (χ1v) is 7.24. The Morgan fingerprint density at radius 1 is 1.30 bits per heavy atom. The molecule has 0 bridgehead atoms. The lowest BCUT2D eigenvalue weighted by molar-refractivity contribution is -0.160. The Morgan fingerprint density at radius 2 is 1.87 bits per heavy atom. The van der Waals surface area contributed by atoms with Crippen molar-refractivity contribution in [2.75, 3.05) is 6.61 Å². The molecule has 0 spiro atoms. The lowest BCUT2D eigenvalue weighted by atomic mass is 9.75. The molecule has 1 aliphatic heterocycles. The zero-order valence-electron chi connectivity index (χ0n) is 13.5. The zero-order valence-corrected chi connectivity index (χ0v) is 13.5. The monoisotopic (exact) mass is 332 g/mol. The second-order valence-corrected chi connectivity index (χ2v) is 5.80. The van der Waals surface area contributed by atoms with Crippen molar-refractivity contribution in [3.05, 3.63) is 0 Å². The average Bonchev–Trinajstić information content (AvgIpc) is 2.46. The second kappa shape index (κ2) is 8.14. The number of carbonyl (C=O) groups excluding carboxylic acids is 4. The lowest BCUT2D eigenvalue weighted by Gasteiger charge is -2.38. The van der Waals surface area contributed by atoms with Crippen LogP contribution in [0.3, 0.4) is 0 Å². The largest absolute Gasteiger partial charge is 0.412 e. The molecule has 0 radical (unpaired) electrons. The Kier molecular flexibility index (Phi) is 7.49. The minimum atomic E-state index is -1.89. The van der Waals surface area contributed by atoms with E-state index in [0.29, 0.717) is 6.42 Å². The van der Waals surface area contributed by atoms with Crippen LogP contribution in [0.15, 0.2) is 0 Å². The Labute approximate surface area is 134 Å². The van der Waals surface area contributed by atoms with Gasteiger partial charge >= 0.3 is 6.03 Å². The van der Waals surface area contributed by atoms with Gasteiger partial charge in [0.05, 0.1) is 6.61 Å². The summed E-state index contributed by atoms with van der Waals surface area (Å²) in [7, 11) is 0. The fourth-order valence-corrected chi connectivity index (χ4v) is 2.35. The van der Waals surface area contributed by atoms with Gasteiger partial charge in [-0.2, -0.15) is 4.90 Å². The van der Waals surface area contributed by atoms with Gasteiger partial charge in [0.25, 0.3) is 11.8 Å². The van der Waals surface area contributed by atoms with Crippen LogP contribution in [0.2, 0.25) is 0 Å². The number of hydrogen-bond acceptors (Lipinski definition) is 6. The fourth-order valence-electron chi connectivity index (χ4n) is 2.35. The Hall–Kier alpha value is -1.84. The molecule has 0 aliphatic carbocycles. The smallest absolute Gasteiger partial charge is 0.337 e. The average molecular weight is 332 g/mol. The number of urea groups is 1. The third-order valence-electron chi connectivity index (χ3n) is 3.90. The predicted octanol–water partition coefficient (Wildman–Crippen LogP) is -1.05. The normalized spacial score (nSPS) is 22.7. The topological polar surface area (TPSA) is 156 Å². The van der Waals surface area contributed by atoms with Gasteiger partial charge in [0.1, 0.15) is 5.41 Å². The zero-order chi connectivity index (χ0) is 17.1. The van der Waals surface area contributed by atoms with Crippen molar-refractivity contribution in [3.8, 4) is 0 Å². The van der Waals surface area contributed by atoms with Crippen LogP contribution >= 0.6 is 0 Å². The van der Waals surface area contributed by atoms with Crippen molar-refractivity contribution in [3.63, 3.8) is 0 Å². The van der Waals surface area contributed by atoms with Crippen LogP contribution in [0.1, 0.15) is 40.0 Å². The Bertz CT molecular complexity index is 492. The number of nitrogens with zero attached hydrogens (tertiary/aromatic N) is 1. The van der Waals surface area contributed by atoms with E-state index in [0.717, 1.165) is 0 Å². The maximum atomic E-state index is 12.6. The van der Waals surface area contributed by atoms with Crippen LogP contribution in [0.25, 0.3) is 0 Å². The van der Waals surface area contributed by atoms with Crippen LogP contribution in [0.5, 0.6) is 0 Å². The highest BCUT2D eigenvalue weighted by Crippen LogP contribution is 2.35. The van der Waals surface area contributed by atoms with E-state index in [1.165, 1.54) is 0 Å². The first kappa shape index (κ1) is 21.2. The maximum Gasteiger partial charge on any atom is 0.337 e. The van der Waals surface area contributed by atoms with Crippen LogP contribution in [0.4, 0.5) is 4.79 Å². The van der Waals surface area contributed by atoms with Gasteiger partial charge in [0, 0.05) is 0 Å². The molecule has 9 heteroatoms. The number of hydrogen-bond donors (Lipinski definition) is 3. The molecule has 2 atom stereocenters. The van der Waals surface area contributed by atoms with Crippen LogP contribution in [-0.4, -0.2) is 57.1 Å². The van der Waals surface area contributed by atoms with Gasteiger partial charge in [0.15, 0.2) is 6.10 Å². The minimum Gasteiger partial charge on any atom is -0.412 e. The molecule has 1 heterocycles. The highest BCUT2D eigenvalue weighted by molar-refractivity contribution is 6.25. The molecule has 9 nitrogen and oxygen atoms in total. The van der Waals surface area contributed by atoms with E-state index in [9.17, 15) is 24.3 Å². The number of barbiturate groups is 1. The van der Waals surface area contributed by atoms with Crippen molar-refractivity contribution in [2.24, 2.45) is 11.3 Å². The number of carbonyl (C=O) groups is 4. The number of aliphatic hydroxyl groups excluding tert-OH is 2.